The van der Waals surface area contributed by atoms with Gasteiger partial charge in [-0.15, -0.1) is 0 Å². The highest BCUT2D eigenvalue weighted by molar-refractivity contribution is 9.10. The molecule has 0 unspecified atom stereocenters. The van der Waals surface area contributed by atoms with Gasteiger partial charge in [0.05, 0.1) is 5.69 Å². The minimum Gasteiger partial charge on any atom is -0.308 e. The SMILES string of the molecule is Cc1cc(C)cc(NC(=O)Nc2ccc(Br)cc2F)c1. The molecular weight excluding hydrogens is 323 g/mol. The molecule has 0 atom stereocenters. The average molecular weight is 337 g/mol. The maximum Gasteiger partial charge on any atom is 0.323 e. The number of halogens is 2. The molecule has 0 aliphatic rings. The van der Waals surface area contributed by atoms with Crippen molar-refractivity contribution >= 4 is 33.3 Å². The average Bonchev–Trinajstić information content (AvgIpc) is 2.31. The van der Waals surface area contributed by atoms with Crippen molar-refractivity contribution in [1.82, 2.24) is 0 Å². The van der Waals surface area contributed by atoms with Gasteiger partial charge >= 0.3 is 6.03 Å². The van der Waals surface area contributed by atoms with E-state index >= 15 is 0 Å². The summed E-state index contributed by atoms with van der Waals surface area (Å²) >= 11 is 3.16. The van der Waals surface area contributed by atoms with Crippen molar-refractivity contribution in [3.8, 4) is 0 Å². The second kappa shape index (κ2) is 6.05. The van der Waals surface area contributed by atoms with Gasteiger partial charge < -0.3 is 10.6 Å². The van der Waals surface area contributed by atoms with E-state index in [0.717, 1.165) is 11.1 Å². The maximum absolute atomic E-state index is 13.6. The number of benzene rings is 2. The molecular formula is C15H14BrFN2O. The predicted molar refractivity (Wildman–Crippen MR) is 82.7 cm³/mol. The van der Waals surface area contributed by atoms with Crippen LogP contribution in [0.3, 0.4) is 0 Å². The monoisotopic (exact) mass is 336 g/mol. The summed E-state index contributed by atoms with van der Waals surface area (Å²) in [5.41, 5.74) is 2.91. The Labute approximate surface area is 125 Å². The molecule has 20 heavy (non-hydrogen) atoms. The fourth-order valence-corrected chi connectivity index (χ4v) is 2.26. The van der Waals surface area contributed by atoms with E-state index in [1.165, 1.54) is 12.1 Å². The Morgan fingerprint density at radius 2 is 1.70 bits per heavy atom. The molecule has 0 fully saturated rings. The van der Waals surface area contributed by atoms with Crippen LogP contribution in [0.25, 0.3) is 0 Å². The molecule has 0 aromatic heterocycles. The van der Waals surface area contributed by atoms with Crippen LogP contribution in [0.2, 0.25) is 0 Å². The lowest BCUT2D eigenvalue weighted by Crippen LogP contribution is -2.20. The standard InChI is InChI=1S/C15H14BrFN2O/c1-9-5-10(2)7-12(6-9)18-15(20)19-14-4-3-11(16)8-13(14)17/h3-8H,1-2H3,(H2,18,19,20). The number of aryl methyl sites for hydroxylation is 2. The van der Waals surface area contributed by atoms with Gasteiger partial charge in [0.2, 0.25) is 0 Å². The Kier molecular flexibility index (Phi) is 4.39. The molecule has 5 heteroatoms. The first-order chi connectivity index (χ1) is 9.44. The van der Waals surface area contributed by atoms with E-state index in [4.69, 9.17) is 0 Å². The number of amides is 2. The van der Waals surface area contributed by atoms with Crippen LogP contribution in [0.15, 0.2) is 40.9 Å². The zero-order valence-electron chi connectivity index (χ0n) is 11.1. The first kappa shape index (κ1) is 14.5. The Bertz CT molecular complexity index is 638. The molecule has 3 nitrogen and oxygen atoms in total. The van der Waals surface area contributed by atoms with Gasteiger partial charge in [-0.1, -0.05) is 22.0 Å². The third kappa shape index (κ3) is 3.81. The van der Waals surface area contributed by atoms with Crippen LogP contribution in [0.1, 0.15) is 11.1 Å². The van der Waals surface area contributed by atoms with E-state index in [0.29, 0.717) is 10.2 Å². The van der Waals surface area contributed by atoms with E-state index in [1.807, 2.05) is 32.0 Å². The third-order valence-electron chi connectivity index (χ3n) is 2.66. The molecule has 0 spiro atoms. The van der Waals surface area contributed by atoms with E-state index in [2.05, 4.69) is 26.6 Å². The number of nitrogens with one attached hydrogen (secondary N) is 2. The number of carbonyl (C=O) groups excluding carboxylic acids is 1. The number of rotatable bonds is 2. The van der Waals surface area contributed by atoms with Crippen molar-refractivity contribution in [1.29, 1.82) is 0 Å². The van der Waals surface area contributed by atoms with Crippen LogP contribution < -0.4 is 10.6 Å². The maximum atomic E-state index is 13.6. The van der Waals surface area contributed by atoms with Gasteiger partial charge in [0.1, 0.15) is 5.82 Å². The first-order valence-corrected chi connectivity index (χ1v) is 6.85. The van der Waals surface area contributed by atoms with E-state index in [1.54, 1.807) is 6.07 Å². The summed E-state index contributed by atoms with van der Waals surface area (Å²) in [6.07, 6.45) is 0. The molecule has 0 saturated heterocycles. The molecule has 2 rings (SSSR count). The molecule has 2 amide bonds. The molecule has 0 heterocycles. The van der Waals surface area contributed by atoms with E-state index < -0.39 is 11.8 Å². The van der Waals surface area contributed by atoms with E-state index in [9.17, 15) is 9.18 Å². The molecule has 104 valence electrons. The summed E-state index contributed by atoms with van der Waals surface area (Å²) < 4.78 is 14.2. The van der Waals surface area contributed by atoms with Gasteiger partial charge in [0.25, 0.3) is 0 Å². The Hall–Kier alpha value is -1.88. The van der Waals surface area contributed by atoms with Crippen LogP contribution in [0.4, 0.5) is 20.6 Å². The quantitative estimate of drug-likeness (QED) is 0.808. The Morgan fingerprint density at radius 1 is 1.05 bits per heavy atom. The fraction of sp³-hybridized carbons (Fsp3) is 0.133. The van der Waals surface area contributed by atoms with Crippen LogP contribution in [0.5, 0.6) is 0 Å². The summed E-state index contributed by atoms with van der Waals surface area (Å²) in [5, 5.41) is 5.16. The second-order valence-electron chi connectivity index (χ2n) is 4.58. The van der Waals surface area contributed by atoms with Crippen LogP contribution in [-0.2, 0) is 0 Å². The van der Waals surface area contributed by atoms with Gasteiger partial charge in [-0.3, -0.25) is 0 Å². The van der Waals surface area contributed by atoms with Crippen molar-refractivity contribution < 1.29 is 9.18 Å². The van der Waals surface area contributed by atoms with Gasteiger partial charge in [-0.05, 0) is 55.3 Å². The highest BCUT2D eigenvalue weighted by atomic mass is 79.9. The molecule has 2 aromatic carbocycles. The van der Waals surface area contributed by atoms with Crippen molar-refractivity contribution in [3.63, 3.8) is 0 Å². The van der Waals surface area contributed by atoms with Gasteiger partial charge in [0.15, 0.2) is 0 Å². The summed E-state index contributed by atoms with van der Waals surface area (Å²) in [7, 11) is 0. The number of carbonyl (C=O) groups is 1. The zero-order valence-corrected chi connectivity index (χ0v) is 12.7. The van der Waals surface area contributed by atoms with Gasteiger partial charge in [-0.2, -0.15) is 0 Å². The van der Waals surface area contributed by atoms with Crippen LogP contribution in [-0.4, -0.2) is 6.03 Å². The van der Waals surface area contributed by atoms with Gasteiger partial charge in [-0.25, -0.2) is 9.18 Å². The van der Waals surface area contributed by atoms with Crippen molar-refractivity contribution in [2.75, 3.05) is 10.6 Å². The fourth-order valence-electron chi connectivity index (χ4n) is 1.92. The molecule has 0 bridgehead atoms. The topological polar surface area (TPSA) is 41.1 Å². The van der Waals surface area contributed by atoms with Crippen molar-refractivity contribution in [3.05, 3.63) is 57.8 Å². The van der Waals surface area contributed by atoms with E-state index in [-0.39, 0.29) is 5.69 Å². The smallest absolute Gasteiger partial charge is 0.308 e. The Morgan fingerprint density at radius 3 is 2.30 bits per heavy atom. The molecule has 0 aliphatic carbocycles. The minimum absolute atomic E-state index is 0.134. The Balaban J connectivity index is 2.09. The van der Waals surface area contributed by atoms with Crippen LogP contribution in [0, 0.1) is 19.7 Å². The largest absolute Gasteiger partial charge is 0.323 e. The minimum atomic E-state index is -0.491. The summed E-state index contributed by atoms with van der Waals surface area (Å²) in [5.74, 6) is -0.491. The molecule has 0 radical (unpaired) electrons. The molecule has 2 N–H and O–H groups in total. The lowest BCUT2D eigenvalue weighted by molar-refractivity contribution is 0.262. The lowest BCUT2D eigenvalue weighted by Gasteiger charge is -2.10. The highest BCUT2D eigenvalue weighted by Gasteiger charge is 2.07. The summed E-state index contributed by atoms with van der Waals surface area (Å²) in [6, 6.07) is 9.70. The summed E-state index contributed by atoms with van der Waals surface area (Å²) in [6.45, 7) is 3.90. The molecule has 0 aliphatic heterocycles. The zero-order chi connectivity index (χ0) is 14.7. The van der Waals surface area contributed by atoms with Crippen LogP contribution >= 0.6 is 15.9 Å². The number of urea groups is 1. The third-order valence-corrected chi connectivity index (χ3v) is 3.15. The molecule has 2 aromatic rings. The lowest BCUT2D eigenvalue weighted by atomic mass is 10.1. The van der Waals surface area contributed by atoms with Crippen molar-refractivity contribution in [2.24, 2.45) is 0 Å². The molecule has 0 saturated carbocycles. The number of hydrogen-bond acceptors (Lipinski definition) is 1. The van der Waals surface area contributed by atoms with Crippen molar-refractivity contribution in [2.45, 2.75) is 13.8 Å². The number of anilines is 2. The second-order valence-corrected chi connectivity index (χ2v) is 5.50. The first-order valence-electron chi connectivity index (χ1n) is 6.05. The predicted octanol–water partition coefficient (Wildman–Crippen LogP) is 4.85. The summed E-state index contributed by atoms with van der Waals surface area (Å²) in [4.78, 5) is 11.8. The van der Waals surface area contributed by atoms with Gasteiger partial charge in [0, 0.05) is 10.2 Å². The number of hydrogen-bond donors (Lipinski definition) is 2. The normalized spacial score (nSPS) is 10.2. The highest BCUT2D eigenvalue weighted by Crippen LogP contribution is 2.20.